The molecular formula is C28H24F4N6O2. The Morgan fingerprint density at radius 1 is 1.07 bits per heavy atom. The summed E-state index contributed by atoms with van der Waals surface area (Å²) in [7, 11) is 0. The van der Waals surface area contributed by atoms with Crippen LogP contribution in [0.1, 0.15) is 45.6 Å². The van der Waals surface area contributed by atoms with E-state index < -0.39 is 41.5 Å². The molecule has 2 aromatic carbocycles. The van der Waals surface area contributed by atoms with Gasteiger partial charge in [0.05, 0.1) is 16.9 Å². The average Bonchev–Trinajstić information content (AvgIpc) is 3.33. The van der Waals surface area contributed by atoms with Crippen LogP contribution in [0.5, 0.6) is 0 Å². The van der Waals surface area contributed by atoms with Crippen molar-refractivity contribution < 1.29 is 27.2 Å². The Kier molecular flexibility index (Phi) is 7.11. The van der Waals surface area contributed by atoms with Crippen LogP contribution in [0.25, 0.3) is 5.69 Å². The number of rotatable bonds is 6. The fraction of sp³-hybridized carbons (Fsp3) is 0.214. The molecule has 40 heavy (non-hydrogen) atoms. The first-order chi connectivity index (χ1) is 19.1. The van der Waals surface area contributed by atoms with E-state index in [4.69, 9.17) is 5.73 Å². The van der Waals surface area contributed by atoms with E-state index >= 15 is 0 Å². The first kappa shape index (κ1) is 27.0. The highest BCUT2D eigenvalue weighted by atomic mass is 19.4. The van der Waals surface area contributed by atoms with E-state index in [0.717, 1.165) is 24.3 Å². The van der Waals surface area contributed by atoms with Gasteiger partial charge in [-0.3, -0.25) is 14.5 Å². The largest absolute Gasteiger partial charge is 0.416 e. The molecule has 0 radical (unpaired) electrons. The fourth-order valence-corrected chi connectivity index (χ4v) is 4.97. The zero-order valence-corrected chi connectivity index (χ0v) is 21.2. The van der Waals surface area contributed by atoms with Crippen LogP contribution in [0, 0.1) is 5.95 Å². The van der Waals surface area contributed by atoms with Crippen LogP contribution in [0.3, 0.4) is 0 Å². The third-order valence-electron chi connectivity index (χ3n) is 6.76. The molecule has 1 aliphatic rings. The molecule has 1 aliphatic heterocycles. The predicted molar refractivity (Wildman–Crippen MR) is 138 cm³/mol. The van der Waals surface area contributed by atoms with Gasteiger partial charge in [0.1, 0.15) is 11.9 Å². The third kappa shape index (κ3) is 4.81. The topological polar surface area (TPSA) is 106 Å². The highest BCUT2D eigenvalue weighted by Gasteiger charge is 2.46. The molecule has 0 saturated carbocycles. The zero-order chi connectivity index (χ0) is 28.6. The van der Waals surface area contributed by atoms with Gasteiger partial charge in [-0.1, -0.05) is 30.3 Å². The number of amides is 2. The van der Waals surface area contributed by atoms with E-state index in [-0.39, 0.29) is 18.7 Å². The molecule has 2 amide bonds. The molecule has 0 fully saturated rings. The van der Waals surface area contributed by atoms with Crippen molar-refractivity contribution in [1.82, 2.24) is 20.1 Å². The minimum Gasteiger partial charge on any atom is -0.339 e. The predicted octanol–water partition coefficient (Wildman–Crippen LogP) is 4.18. The summed E-state index contributed by atoms with van der Waals surface area (Å²) in [5.41, 5.74) is 6.83. The molecule has 8 nitrogen and oxygen atoms in total. The van der Waals surface area contributed by atoms with E-state index in [1.165, 1.54) is 23.2 Å². The second kappa shape index (κ2) is 10.5. The molecule has 0 spiro atoms. The summed E-state index contributed by atoms with van der Waals surface area (Å²) >= 11 is 0. The molecule has 3 heterocycles. The summed E-state index contributed by atoms with van der Waals surface area (Å²) in [5.74, 6) is -2.63. The van der Waals surface area contributed by atoms with Gasteiger partial charge >= 0.3 is 6.18 Å². The van der Waals surface area contributed by atoms with Gasteiger partial charge < -0.3 is 11.1 Å². The zero-order valence-electron chi connectivity index (χ0n) is 21.2. The molecule has 206 valence electrons. The summed E-state index contributed by atoms with van der Waals surface area (Å²) in [4.78, 5) is 32.5. The van der Waals surface area contributed by atoms with Crippen LogP contribution in [0.2, 0.25) is 0 Å². The van der Waals surface area contributed by atoms with Crippen molar-refractivity contribution >= 4 is 17.6 Å². The smallest absolute Gasteiger partial charge is 0.339 e. The van der Waals surface area contributed by atoms with Crippen LogP contribution in [0.15, 0.2) is 72.9 Å². The van der Waals surface area contributed by atoms with Crippen LogP contribution in [-0.2, 0) is 17.5 Å². The number of alkyl halides is 3. The number of para-hydroxylation sites is 1. The molecule has 4 aromatic rings. The number of pyridine rings is 1. The number of anilines is 1. The molecule has 5 rings (SSSR count). The monoisotopic (exact) mass is 552 g/mol. The number of halogens is 4. The summed E-state index contributed by atoms with van der Waals surface area (Å²) in [5, 5.41) is 7.32. The van der Waals surface area contributed by atoms with Gasteiger partial charge in [-0.2, -0.15) is 22.7 Å². The van der Waals surface area contributed by atoms with Crippen molar-refractivity contribution in [2.45, 2.75) is 31.6 Å². The molecule has 2 atom stereocenters. The number of nitrogens with zero attached hydrogens (tertiary/aromatic N) is 4. The Labute approximate surface area is 226 Å². The van der Waals surface area contributed by atoms with Gasteiger partial charge in [-0.05, 0) is 48.9 Å². The minimum absolute atomic E-state index is 0.0205. The van der Waals surface area contributed by atoms with E-state index in [0.29, 0.717) is 28.3 Å². The standard InChI is InChI=1S/C28H24F4N6O2/c1-2-37-26-23(20(14-33)36-38(26)19-9-4-3-5-10-19)22(17-11-12-21(29)34-15-17)24(27(37)40)35-25(39)16-7-6-8-18(13-16)28(30,31)32/h3-13,15,22,24H,2,14,33H2,1H3,(H,35,39)/t22-,24-/m0/s1. The average molecular weight is 553 g/mol. The van der Waals surface area contributed by atoms with Crippen molar-refractivity contribution in [1.29, 1.82) is 0 Å². The fourth-order valence-electron chi connectivity index (χ4n) is 4.97. The minimum atomic E-state index is -4.66. The summed E-state index contributed by atoms with van der Waals surface area (Å²) in [6.07, 6.45) is -3.41. The number of likely N-dealkylation sites (N-methyl/N-ethyl adjacent to an activating group) is 1. The lowest BCUT2D eigenvalue weighted by atomic mass is 9.81. The van der Waals surface area contributed by atoms with E-state index in [2.05, 4.69) is 15.4 Å². The van der Waals surface area contributed by atoms with Gasteiger partial charge in [0.15, 0.2) is 0 Å². The maximum absolute atomic E-state index is 14.0. The number of nitrogens with one attached hydrogen (secondary N) is 1. The van der Waals surface area contributed by atoms with Gasteiger partial charge in [-0.15, -0.1) is 0 Å². The van der Waals surface area contributed by atoms with Crippen LogP contribution in [0.4, 0.5) is 23.4 Å². The number of aromatic nitrogens is 3. The molecular weight excluding hydrogens is 528 g/mol. The van der Waals surface area contributed by atoms with E-state index in [1.807, 2.05) is 30.3 Å². The summed E-state index contributed by atoms with van der Waals surface area (Å²) in [6, 6.07) is 14.3. The molecule has 0 unspecified atom stereocenters. The lowest BCUT2D eigenvalue weighted by Gasteiger charge is -2.38. The third-order valence-corrected chi connectivity index (χ3v) is 6.76. The van der Waals surface area contributed by atoms with Crippen LogP contribution >= 0.6 is 0 Å². The van der Waals surface area contributed by atoms with Gasteiger partial charge in [0.25, 0.3) is 11.8 Å². The van der Waals surface area contributed by atoms with Gasteiger partial charge in [0.2, 0.25) is 5.95 Å². The SMILES string of the molecule is CCN1C(=O)[C@@H](NC(=O)c2cccc(C(F)(F)F)c2)[C@@H](c2ccc(F)nc2)c2c(CN)nn(-c3ccccc3)c21. The lowest BCUT2D eigenvalue weighted by Crippen LogP contribution is -2.55. The number of carbonyl (C=O) groups is 2. The van der Waals surface area contributed by atoms with Gasteiger partial charge in [-0.25, -0.2) is 9.67 Å². The normalized spacial score (nSPS) is 17.1. The summed E-state index contributed by atoms with van der Waals surface area (Å²) < 4.78 is 55.3. The lowest BCUT2D eigenvalue weighted by molar-refractivity contribution is -0.137. The van der Waals surface area contributed by atoms with Crippen molar-refractivity contribution in [3.05, 3.63) is 107 Å². The van der Waals surface area contributed by atoms with Crippen molar-refractivity contribution in [3.63, 3.8) is 0 Å². The number of nitrogens with two attached hydrogens (primary N) is 1. The highest BCUT2D eigenvalue weighted by Crippen LogP contribution is 2.43. The Morgan fingerprint density at radius 3 is 2.45 bits per heavy atom. The van der Waals surface area contributed by atoms with Crippen molar-refractivity contribution in [3.8, 4) is 5.69 Å². The Balaban J connectivity index is 1.67. The Bertz CT molecular complexity index is 1550. The first-order valence-corrected chi connectivity index (χ1v) is 12.4. The van der Waals surface area contributed by atoms with E-state index in [9.17, 15) is 27.2 Å². The molecule has 2 aromatic heterocycles. The van der Waals surface area contributed by atoms with E-state index in [1.54, 1.807) is 11.6 Å². The maximum atomic E-state index is 14.0. The molecule has 0 saturated heterocycles. The van der Waals surface area contributed by atoms with Crippen molar-refractivity contribution in [2.24, 2.45) is 5.73 Å². The second-order valence-electron chi connectivity index (χ2n) is 9.14. The summed E-state index contributed by atoms with van der Waals surface area (Å²) in [6.45, 7) is 1.92. The van der Waals surface area contributed by atoms with Gasteiger partial charge in [0, 0.05) is 36.3 Å². The second-order valence-corrected chi connectivity index (χ2v) is 9.14. The molecule has 0 aliphatic carbocycles. The number of hydrogen-bond acceptors (Lipinski definition) is 5. The highest BCUT2D eigenvalue weighted by molar-refractivity contribution is 6.05. The first-order valence-electron chi connectivity index (χ1n) is 12.4. The molecule has 12 heteroatoms. The molecule has 3 N–H and O–H groups in total. The number of carbonyl (C=O) groups excluding carboxylic acids is 2. The number of hydrogen-bond donors (Lipinski definition) is 2. The Morgan fingerprint density at radius 2 is 1.82 bits per heavy atom. The van der Waals surface area contributed by atoms with Crippen LogP contribution in [-0.4, -0.2) is 39.2 Å². The van der Waals surface area contributed by atoms with Crippen molar-refractivity contribution in [2.75, 3.05) is 11.4 Å². The maximum Gasteiger partial charge on any atom is 0.416 e. The molecule has 0 bridgehead atoms. The number of fused-ring (bicyclic) bond motifs is 1. The Hall–Kier alpha value is -4.58. The quantitative estimate of drug-likeness (QED) is 0.276. The van der Waals surface area contributed by atoms with Crippen LogP contribution < -0.4 is 16.0 Å². The number of benzene rings is 2.